The van der Waals surface area contributed by atoms with Crippen molar-refractivity contribution in [3.8, 4) is 29.1 Å². The van der Waals surface area contributed by atoms with Gasteiger partial charge in [-0.2, -0.15) is 5.26 Å². The number of aromatic nitrogens is 2. The number of hydrogen-bond acceptors (Lipinski definition) is 8. The Morgan fingerprint density at radius 3 is 2.26 bits per heavy atom. The molecule has 1 aliphatic rings. The fourth-order valence-corrected chi connectivity index (χ4v) is 2.97. The number of aromatic amines is 2. The summed E-state index contributed by atoms with van der Waals surface area (Å²) in [6.07, 6.45) is 0. The first-order valence-corrected chi connectivity index (χ1v) is 7.69. The van der Waals surface area contributed by atoms with Crippen LogP contribution >= 0.6 is 0 Å². The Balaban J connectivity index is 2.35. The van der Waals surface area contributed by atoms with E-state index in [4.69, 9.17) is 24.7 Å². The van der Waals surface area contributed by atoms with Crippen molar-refractivity contribution >= 4 is 0 Å². The third-order valence-corrected chi connectivity index (χ3v) is 4.12. The Bertz CT molecular complexity index is 1070. The highest BCUT2D eigenvalue weighted by atomic mass is 16.5. The average molecular weight is 372 g/mol. The first-order valence-electron chi connectivity index (χ1n) is 7.69. The third kappa shape index (κ3) is 2.85. The van der Waals surface area contributed by atoms with E-state index >= 15 is 0 Å². The topological polar surface area (TPSA) is 152 Å². The summed E-state index contributed by atoms with van der Waals surface area (Å²) in [4.78, 5) is 28.5. The number of nitriles is 1. The SMILES string of the molecule is COc1cc([C@@H]2C(C#N)=C(N)Oc3c2[nH]c(=O)[nH]c3=O)cc(OC)c1OC. The molecule has 0 fully saturated rings. The van der Waals surface area contributed by atoms with Crippen LogP contribution < -0.4 is 35.9 Å². The van der Waals surface area contributed by atoms with Gasteiger partial charge in [0.15, 0.2) is 11.5 Å². The summed E-state index contributed by atoms with van der Waals surface area (Å²) in [5, 5.41) is 9.58. The summed E-state index contributed by atoms with van der Waals surface area (Å²) in [6.45, 7) is 0. The molecule has 0 bridgehead atoms. The van der Waals surface area contributed by atoms with Gasteiger partial charge in [0.1, 0.15) is 11.6 Å². The van der Waals surface area contributed by atoms with Crippen molar-refractivity contribution in [2.24, 2.45) is 5.73 Å². The molecule has 1 atom stereocenters. The highest BCUT2D eigenvalue weighted by molar-refractivity contribution is 5.59. The predicted octanol–water partition coefficient (Wildman–Crippen LogP) is 0.307. The van der Waals surface area contributed by atoms with E-state index in [-0.39, 0.29) is 22.9 Å². The van der Waals surface area contributed by atoms with Crippen LogP contribution in [0.3, 0.4) is 0 Å². The van der Waals surface area contributed by atoms with Crippen molar-refractivity contribution in [1.29, 1.82) is 5.26 Å². The quantitative estimate of drug-likeness (QED) is 0.693. The second kappa shape index (κ2) is 6.80. The van der Waals surface area contributed by atoms with Gasteiger partial charge in [-0.05, 0) is 17.7 Å². The van der Waals surface area contributed by atoms with Crippen molar-refractivity contribution in [1.82, 2.24) is 9.97 Å². The van der Waals surface area contributed by atoms with Gasteiger partial charge in [0, 0.05) is 0 Å². The largest absolute Gasteiger partial charge is 0.493 e. The number of allylic oxidation sites excluding steroid dienone is 1. The summed E-state index contributed by atoms with van der Waals surface area (Å²) >= 11 is 0. The molecule has 0 amide bonds. The van der Waals surface area contributed by atoms with Gasteiger partial charge in [-0.25, -0.2) is 4.79 Å². The van der Waals surface area contributed by atoms with Crippen LogP contribution in [0.2, 0.25) is 0 Å². The van der Waals surface area contributed by atoms with Crippen molar-refractivity contribution in [2.45, 2.75) is 5.92 Å². The van der Waals surface area contributed by atoms with E-state index < -0.39 is 17.2 Å². The van der Waals surface area contributed by atoms with E-state index in [1.54, 1.807) is 12.1 Å². The first kappa shape index (κ1) is 17.9. The molecule has 1 aromatic heterocycles. The lowest BCUT2D eigenvalue weighted by Gasteiger charge is -2.26. The fraction of sp³-hybridized carbons (Fsp3) is 0.235. The lowest BCUT2D eigenvalue weighted by Crippen LogP contribution is -2.32. The second-order valence-corrected chi connectivity index (χ2v) is 5.53. The van der Waals surface area contributed by atoms with Crippen LogP contribution in [0.4, 0.5) is 0 Å². The number of ether oxygens (including phenoxy) is 4. The molecule has 3 rings (SSSR count). The van der Waals surface area contributed by atoms with E-state index in [0.29, 0.717) is 22.8 Å². The molecule has 27 heavy (non-hydrogen) atoms. The number of methoxy groups -OCH3 is 3. The molecule has 0 saturated heterocycles. The van der Waals surface area contributed by atoms with E-state index in [1.165, 1.54) is 21.3 Å². The fourth-order valence-electron chi connectivity index (χ4n) is 2.97. The Kier molecular flexibility index (Phi) is 4.51. The molecule has 140 valence electrons. The standard InChI is InChI=1S/C17H16N4O6/c1-24-9-4-7(5-10(25-2)13(9)26-3)11-8(6-18)15(19)27-14-12(11)20-17(23)21-16(14)22/h4-5,11H,19H2,1-3H3,(H2,20,21,22,23)/t11-/m1/s1. The van der Waals surface area contributed by atoms with E-state index in [0.717, 1.165) is 0 Å². The molecule has 1 aliphatic heterocycles. The van der Waals surface area contributed by atoms with Crippen LogP contribution in [0.15, 0.2) is 33.2 Å². The molecule has 0 saturated carbocycles. The zero-order valence-corrected chi connectivity index (χ0v) is 14.7. The average Bonchev–Trinajstić information content (AvgIpc) is 2.66. The molecule has 0 radical (unpaired) electrons. The van der Waals surface area contributed by atoms with Crippen molar-refractivity contribution in [3.63, 3.8) is 0 Å². The van der Waals surface area contributed by atoms with Crippen LogP contribution in [0, 0.1) is 11.3 Å². The zero-order valence-electron chi connectivity index (χ0n) is 14.7. The highest BCUT2D eigenvalue weighted by Crippen LogP contribution is 2.45. The predicted molar refractivity (Wildman–Crippen MR) is 93.1 cm³/mol. The molecule has 2 heterocycles. The minimum Gasteiger partial charge on any atom is -0.493 e. The van der Waals surface area contributed by atoms with Gasteiger partial charge < -0.3 is 29.7 Å². The summed E-state index contributed by atoms with van der Waals surface area (Å²) < 4.78 is 21.2. The number of benzene rings is 1. The molecule has 2 aromatic rings. The lowest BCUT2D eigenvalue weighted by atomic mass is 9.86. The number of fused-ring (bicyclic) bond motifs is 1. The molecule has 4 N–H and O–H groups in total. The minimum atomic E-state index is -0.873. The van der Waals surface area contributed by atoms with E-state index in [1.807, 2.05) is 6.07 Å². The van der Waals surface area contributed by atoms with Crippen molar-refractivity contribution < 1.29 is 18.9 Å². The van der Waals surface area contributed by atoms with Gasteiger partial charge in [0.05, 0.1) is 32.9 Å². The Morgan fingerprint density at radius 1 is 1.11 bits per heavy atom. The summed E-state index contributed by atoms with van der Waals surface area (Å²) in [5.41, 5.74) is 4.95. The van der Waals surface area contributed by atoms with Gasteiger partial charge in [-0.15, -0.1) is 0 Å². The maximum atomic E-state index is 12.1. The highest BCUT2D eigenvalue weighted by Gasteiger charge is 2.34. The maximum Gasteiger partial charge on any atom is 0.326 e. The molecule has 10 nitrogen and oxygen atoms in total. The monoisotopic (exact) mass is 372 g/mol. The van der Waals surface area contributed by atoms with Crippen molar-refractivity contribution in [3.05, 3.63) is 55.7 Å². The minimum absolute atomic E-state index is 0.0259. The van der Waals surface area contributed by atoms with Crippen molar-refractivity contribution in [2.75, 3.05) is 21.3 Å². The first-order chi connectivity index (χ1) is 12.9. The van der Waals surface area contributed by atoms with E-state index in [9.17, 15) is 14.9 Å². The lowest BCUT2D eigenvalue weighted by molar-refractivity contribution is 0.323. The Labute approximate surface area is 152 Å². The van der Waals surface area contributed by atoms with Crippen LogP contribution in [0.5, 0.6) is 23.0 Å². The van der Waals surface area contributed by atoms with Crippen LogP contribution in [0.25, 0.3) is 0 Å². The zero-order chi connectivity index (χ0) is 19.7. The Morgan fingerprint density at radius 2 is 1.74 bits per heavy atom. The molecular weight excluding hydrogens is 356 g/mol. The molecule has 10 heteroatoms. The van der Waals surface area contributed by atoms with Crippen LogP contribution in [-0.4, -0.2) is 31.3 Å². The number of nitrogens with one attached hydrogen (secondary N) is 2. The van der Waals surface area contributed by atoms with Crippen LogP contribution in [0.1, 0.15) is 17.2 Å². The molecule has 1 aromatic carbocycles. The smallest absolute Gasteiger partial charge is 0.326 e. The maximum absolute atomic E-state index is 12.1. The van der Waals surface area contributed by atoms with Crippen LogP contribution in [-0.2, 0) is 0 Å². The van der Waals surface area contributed by atoms with Gasteiger partial charge in [-0.1, -0.05) is 0 Å². The van der Waals surface area contributed by atoms with Gasteiger partial charge in [0.2, 0.25) is 17.4 Å². The second-order valence-electron chi connectivity index (χ2n) is 5.53. The third-order valence-electron chi connectivity index (χ3n) is 4.12. The van der Waals surface area contributed by atoms with Gasteiger partial charge in [-0.3, -0.25) is 9.78 Å². The molecule has 0 aliphatic carbocycles. The number of hydrogen-bond donors (Lipinski definition) is 3. The summed E-state index contributed by atoms with van der Waals surface area (Å²) in [5.74, 6) is -0.273. The molecule has 0 spiro atoms. The van der Waals surface area contributed by atoms with Gasteiger partial charge in [0.25, 0.3) is 5.56 Å². The van der Waals surface area contributed by atoms with Gasteiger partial charge >= 0.3 is 5.69 Å². The number of H-pyrrole nitrogens is 2. The molecular formula is C17H16N4O6. The number of rotatable bonds is 4. The Hall–Kier alpha value is -3.87. The van der Waals surface area contributed by atoms with E-state index in [2.05, 4.69) is 9.97 Å². The summed E-state index contributed by atoms with van der Waals surface area (Å²) in [7, 11) is 4.35. The molecule has 0 unspecified atom stereocenters. The number of nitrogens with zero attached hydrogens (tertiary/aromatic N) is 1. The normalized spacial score (nSPS) is 15.4. The summed E-state index contributed by atoms with van der Waals surface area (Å²) in [6, 6.07) is 5.17. The number of nitrogens with two attached hydrogens (primary N) is 1.